The Kier molecular flexibility index (Phi) is 6.05. The number of aromatic nitrogens is 1. The van der Waals surface area contributed by atoms with Gasteiger partial charge in [-0.25, -0.2) is 18.4 Å². The first-order chi connectivity index (χ1) is 15.7. The number of pyridine rings is 1. The Morgan fingerprint density at radius 1 is 1.21 bits per heavy atom. The average Bonchev–Trinajstić information content (AvgIpc) is 2.79. The SMILES string of the molecule is CCOC(=O)C1=C(N)N(c2ccc(S(N)(=O)=O)cc2)C2=C(C(=O)CCC2)C1c1cccnc1. The predicted molar refractivity (Wildman–Crippen MR) is 121 cm³/mol. The minimum Gasteiger partial charge on any atom is -0.463 e. The summed E-state index contributed by atoms with van der Waals surface area (Å²) >= 11 is 0. The molecule has 4 N–H and O–H groups in total. The maximum Gasteiger partial charge on any atom is 0.338 e. The Hall–Kier alpha value is -3.50. The molecule has 1 atom stereocenters. The molecule has 2 aromatic rings. The number of esters is 1. The van der Waals surface area contributed by atoms with Crippen molar-refractivity contribution in [2.45, 2.75) is 37.0 Å². The Morgan fingerprint density at radius 2 is 1.94 bits per heavy atom. The molecule has 0 saturated carbocycles. The molecular weight excluding hydrogens is 444 g/mol. The van der Waals surface area contributed by atoms with Gasteiger partial charge in [0.2, 0.25) is 10.0 Å². The van der Waals surface area contributed by atoms with Gasteiger partial charge in [0.25, 0.3) is 0 Å². The van der Waals surface area contributed by atoms with E-state index in [9.17, 15) is 18.0 Å². The molecular formula is C23H24N4O5S. The van der Waals surface area contributed by atoms with Crippen LogP contribution in [0.2, 0.25) is 0 Å². The number of primary sulfonamides is 1. The van der Waals surface area contributed by atoms with Crippen LogP contribution in [0.15, 0.2) is 76.4 Å². The molecule has 1 aliphatic heterocycles. The van der Waals surface area contributed by atoms with Crippen molar-refractivity contribution in [1.82, 2.24) is 4.98 Å². The molecule has 0 bridgehead atoms. The van der Waals surface area contributed by atoms with E-state index in [-0.39, 0.29) is 28.7 Å². The predicted octanol–water partition coefficient (Wildman–Crippen LogP) is 2.07. The van der Waals surface area contributed by atoms with Crippen LogP contribution in [0.5, 0.6) is 0 Å². The van der Waals surface area contributed by atoms with Crippen LogP contribution >= 0.6 is 0 Å². The van der Waals surface area contributed by atoms with E-state index in [4.69, 9.17) is 15.6 Å². The van der Waals surface area contributed by atoms with Gasteiger partial charge in [-0.05, 0) is 55.7 Å². The second-order valence-electron chi connectivity index (χ2n) is 7.75. The number of hydrogen-bond acceptors (Lipinski definition) is 8. The van der Waals surface area contributed by atoms with Crippen molar-refractivity contribution in [3.05, 3.63) is 77.0 Å². The Bertz CT molecular complexity index is 1270. The van der Waals surface area contributed by atoms with Gasteiger partial charge in [-0.2, -0.15) is 0 Å². The van der Waals surface area contributed by atoms with Gasteiger partial charge < -0.3 is 10.5 Å². The van der Waals surface area contributed by atoms with Gasteiger partial charge in [-0.15, -0.1) is 0 Å². The van der Waals surface area contributed by atoms with E-state index in [1.807, 2.05) is 0 Å². The van der Waals surface area contributed by atoms with E-state index in [0.29, 0.717) is 41.8 Å². The third-order valence-corrected chi connectivity index (χ3v) is 6.66. The minimum atomic E-state index is -3.88. The first-order valence-corrected chi connectivity index (χ1v) is 12.0. The lowest BCUT2D eigenvalue weighted by molar-refractivity contribution is -0.138. The number of nitrogens with two attached hydrogens (primary N) is 2. The fraction of sp³-hybridized carbons (Fsp3) is 0.261. The summed E-state index contributed by atoms with van der Waals surface area (Å²) in [6, 6.07) is 9.35. The molecule has 10 heteroatoms. The summed E-state index contributed by atoms with van der Waals surface area (Å²) in [4.78, 5) is 32.0. The van der Waals surface area contributed by atoms with E-state index in [1.54, 1.807) is 48.5 Å². The summed E-state index contributed by atoms with van der Waals surface area (Å²) in [5, 5.41) is 5.22. The number of carbonyl (C=O) groups excluding carboxylic acids is 2. The van der Waals surface area contributed by atoms with Crippen molar-refractivity contribution in [2.24, 2.45) is 10.9 Å². The maximum atomic E-state index is 13.2. The molecule has 1 unspecified atom stereocenters. The highest BCUT2D eigenvalue weighted by atomic mass is 32.2. The van der Waals surface area contributed by atoms with Gasteiger partial charge in [0.15, 0.2) is 5.78 Å². The largest absolute Gasteiger partial charge is 0.463 e. The summed E-state index contributed by atoms with van der Waals surface area (Å²) in [5.74, 6) is -1.29. The first kappa shape index (κ1) is 22.7. The lowest BCUT2D eigenvalue weighted by Crippen LogP contribution is -2.41. The molecule has 0 spiro atoms. The zero-order valence-electron chi connectivity index (χ0n) is 18.0. The van der Waals surface area contributed by atoms with E-state index < -0.39 is 21.9 Å². The average molecular weight is 469 g/mol. The van der Waals surface area contributed by atoms with Gasteiger partial charge in [-0.1, -0.05) is 6.07 Å². The number of ketones is 1. The number of benzene rings is 1. The zero-order chi connectivity index (χ0) is 23.8. The summed E-state index contributed by atoms with van der Waals surface area (Å²) in [6.07, 6.45) is 4.77. The van der Waals surface area contributed by atoms with E-state index >= 15 is 0 Å². The third-order valence-electron chi connectivity index (χ3n) is 5.73. The number of Topliss-reactive ketones (excluding diaryl/α,β-unsaturated/α-hetero) is 1. The van der Waals surface area contributed by atoms with Crippen LogP contribution in [-0.4, -0.2) is 31.8 Å². The lowest BCUT2D eigenvalue weighted by atomic mass is 9.75. The van der Waals surface area contributed by atoms with Crippen molar-refractivity contribution in [2.75, 3.05) is 11.5 Å². The summed E-state index contributed by atoms with van der Waals surface area (Å²) in [5.41, 5.74) is 9.05. The van der Waals surface area contributed by atoms with Crippen LogP contribution in [0.1, 0.15) is 37.7 Å². The summed E-state index contributed by atoms with van der Waals surface area (Å²) in [7, 11) is -3.88. The Balaban J connectivity index is 1.96. The first-order valence-electron chi connectivity index (χ1n) is 10.5. The maximum absolute atomic E-state index is 13.2. The molecule has 172 valence electrons. The lowest BCUT2D eigenvalue weighted by Gasteiger charge is -2.40. The number of sulfonamides is 1. The molecule has 2 aliphatic rings. The molecule has 1 aromatic heterocycles. The van der Waals surface area contributed by atoms with Crippen LogP contribution in [0.3, 0.4) is 0 Å². The number of nitrogens with zero attached hydrogens (tertiary/aromatic N) is 2. The van der Waals surface area contributed by atoms with E-state index in [0.717, 1.165) is 0 Å². The summed E-state index contributed by atoms with van der Waals surface area (Å²) < 4.78 is 28.7. The van der Waals surface area contributed by atoms with Crippen LogP contribution in [0.4, 0.5) is 5.69 Å². The van der Waals surface area contributed by atoms with Gasteiger partial charge in [-0.3, -0.25) is 14.7 Å². The molecule has 1 aliphatic carbocycles. The van der Waals surface area contributed by atoms with E-state index in [1.165, 1.54) is 12.1 Å². The van der Waals surface area contributed by atoms with Crippen molar-refractivity contribution in [3.8, 4) is 0 Å². The number of hydrogen-bond donors (Lipinski definition) is 2. The highest BCUT2D eigenvalue weighted by Gasteiger charge is 2.43. The van der Waals surface area contributed by atoms with Gasteiger partial charge in [0, 0.05) is 35.8 Å². The fourth-order valence-corrected chi connectivity index (χ4v) is 4.87. The minimum absolute atomic E-state index is 0.0569. The molecule has 4 rings (SSSR count). The summed E-state index contributed by atoms with van der Waals surface area (Å²) in [6.45, 7) is 1.83. The Labute approximate surface area is 191 Å². The van der Waals surface area contributed by atoms with Crippen molar-refractivity contribution in [1.29, 1.82) is 0 Å². The number of rotatable bonds is 5. The van der Waals surface area contributed by atoms with Crippen molar-refractivity contribution >= 4 is 27.5 Å². The molecule has 9 nitrogen and oxygen atoms in total. The van der Waals surface area contributed by atoms with Crippen LogP contribution in [-0.2, 0) is 24.3 Å². The molecule has 0 saturated heterocycles. The highest BCUT2D eigenvalue weighted by molar-refractivity contribution is 7.89. The fourth-order valence-electron chi connectivity index (χ4n) is 4.36. The third kappa shape index (κ3) is 4.14. The Morgan fingerprint density at radius 3 is 2.55 bits per heavy atom. The number of allylic oxidation sites excluding steroid dienone is 2. The molecule has 33 heavy (non-hydrogen) atoms. The van der Waals surface area contributed by atoms with Gasteiger partial charge in [0.05, 0.1) is 23.0 Å². The number of carbonyl (C=O) groups is 2. The monoisotopic (exact) mass is 468 g/mol. The molecule has 2 heterocycles. The second kappa shape index (κ2) is 8.80. The normalized spacial score (nSPS) is 18.9. The van der Waals surface area contributed by atoms with Crippen molar-refractivity contribution in [3.63, 3.8) is 0 Å². The zero-order valence-corrected chi connectivity index (χ0v) is 18.8. The molecule has 1 aromatic carbocycles. The second-order valence-corrected chi connectivity index (χ2v) is 9.31. The number of anilines is 1. The molecule has 0 fully saturated rings. The van der Waals surface area contributed by atoms with Crippen LogP contribution in [0, 0.1) is 0 Å². The van der Waals surface area contributed by atoms with Crippen molar-refractivity contribution < 1.29 is 22.7 Å². The van der Waals surface area contributed by atoms with Gasteiger partial charge >= 0.3 is 5.97 Å². The standard InChI is InChI=1S/C23H24N4O5S/c1-2-32-23(29)21-19(14-5-4-12-26-13-14)20-17(6-3-7-18(20)28)27(22(21)24)15-8-10-16(11-9-15)33(25,30)31/h4-5,8-13,19H,2-3,6-7,24H2,1H3,(H2,25,30,31). The van der Waals surface area contributed by atoms with E-state index in [2.05, 4.69) is 4.98 Å². The number of ether oxygens (including phenoxy) is 1. The molecule has 0 amide bonds. The quantitative estimate of drug-likeness (QED) is 0.634. The molecule has 0 radical (unpaired) electrons. The van der Waals surface area contributed by atoms with Gasteiger partial charge in [0.1, 0.15) is 5.82 Å². The smallest absolute Gasteiger partial charge is 0.338 e. The topological polar surface area (TPSA) is 146 Å². The van der Waals surface area contributed by atoms with Crippen LogP contribution in [0.25, 0.3) is 0 Å². The van der Waals surface area contributed by atoms with Crippen LogP contribution < -0.4 is 15.8 Å². The highest BCUT2D eigenvalue weighted by Crippen LogP contribution is 2.46.